The number of benzene rings is 3. The molecule has 1 nitrogen and oxygen atoms in total. The van der Waals surface area contributed by atoms with Crippen LogP contribution in [0.3, 0.4) is 0 Å². The summed E-state index contributed by atoms with van der Waals surface area (Å²) < 4.78 is 0. The highest BCUT2D eigenvalue weighted by atomic mass is 16.3. The Hall–Kier alpha value is -2.38. The van der Waals surface area contributed by atoms with Gasteiger partial charge >= 0.3 is 0 Å². The monoisotopic (exact) mass is 274 g/mol. The average Bonchev–Trinajstić information content (AvgIpc) is 2.59. The third-order valence-corrected chi connectivity index (χ3v) is 4.04. The van der Waals surface area contributed by atoms with Crippen molar-refractivity contribution in [2.24, 2.45) is 0 Å². The molecule has 0 saturated heterocycles. The van der Waals surface area contributed by atoms with Gasteiger partial charge in [-0.2, -0.15) is 0 Å². The lowest BCUT2D eigenvalue weighted by molar-refractivity contribution is 0.243. The van der Waals surface area contributed by atoms with E-state index in [4.69, 9.17) is 0 Å². The number of aliphatic hydroxyl groups is 1. The van der Waals surface area contributed by atoms with E-state index in [1.54, 1.807) is 0 Å². The van der Waals surface area contributed by atoms with E-state index in [-0.39, 0.29) is 6.61 Å². The topological polar surface area (TPSA) is 20.2 Å². The van der Waals surface area contributed by atoms with Crippen molar-refractivity contribution in [1.82, 2.24) is 0 Å². The first-order chi connectivity index (χ1) is 10.4. The molecule has 21 heavy (non-hydrogen) atoms. The first-order valence-electron chi connectivity index (χ1n) is 7.15. The van der Waals surface area contributed by atoms with Crippen molar-refractivity contribution in [3.63, 3.8) is 0 Å². The highest BCUT2D eigenvalue weighted by Gasteiger charge is 2.35. The molecule has 3 aromatic carbocycles. The lowest BCUT2D eigenvalue weighted by atomic mass is 9.70. The van der Waals surface area contributed by atoms with Crippen LogP contribution in [0.2, 0.25) is 0 Å². The van der Waals surface area contributed by atoms with Crippen molar-refractivity contribution in [3.05, 3.63) is 108 Å². The largest absolute Gasteiger partial charge is 0.395 e. The van der Waals surface area contributed by atoms with Crippen molar-refractivity contribution in [2.75, 3.05) is 6.61 Å². The van der Waals surface area contributed by atoms with Crippen LogP contribution in [0.4, 0.5) is 0 Å². The first-order valence-corrected chi connectivity index (χ1v) is 7.15. The Balaban J connectivity index is 2.29. The second-order valence-corrected chi connectivity index (χ2v) is 5.16. The highest BCUT2D eigenvalue weighted by Crippen LogP contribution is 2.38. The summed E-state index contributed by atoms with van der Waals surface area (Å²) >= 11 is 0. The van der Waals surface area contributed by atoms with Gasteiger partial charge < -0.3 is 5.11 Å². The van der Waals surface area contributed by atoms with Gasteiger partial charge in [0.1, 0.15) is 0 Å². The molecule has 0 aliphatic rings. The van der Waals surface area contributed by atoms with Gasteiger partial charge in [-0.05, 0) is 16.7 Å². The molecule has 1 heteroatoms. The molecule has 1 N–H and O–H groups in total. The second kappa shape index (κ2) is 5.94. The van der Waals surface area contributed by atoms with Gasteiger partial charge in [0.2, 0.25) is 0 Å². The third-order valence-electron chi connectivity index (χ3n) is 4.04. The van der Waals surface area contributed by atoms with Gasteiger partial charge in [-0.15, -0.1) is 0 Å². The maximum Gasteiger partial charge on any atom is 0.0682 e. The normalized spacial score (nSPS) is 11.3. The molecule has 0 aliphatic heterocycles. The Morgan fingerprint density at radius 2 is 0.810 bits per heavy atom. The SMILES string of the molecule is OCC(c1ccccc1)(c1ccccc1)c1ccccc1. The fourth-order valence-electron chi connectivity index (χ4n) is 2.94. The third kappa shape index (κ3) is 2.37. The summed E-state index contributed by atoms with van der Waals surface area (Å²) in [5.74, 6) is 0. The molecule has 0 atom stereocenters. The zero-order valence-corrected chi connectivity index (χ0v) is 11.8. The lowest BCUT2D eigenvalue weighted by Crippen LogP contribution is -2.33. The summed E-state index contributed by atoms with van der Waals surface area (Å²) in [6, 6.07) is 30.6. The Labute approximate surface area is 125 Å². The van der Waals surface area contributed by atoms with Crippen molar-refractivity contribution >= 4 is 0 Å². The van der Waals surface area contributed by atoms with E-state index in [0.717, 1.165) is 16.7 Å². The molecular formula is C20H18O. The van der Waals surface area contributed by atoms with Crippen molar-refractivity contribution in [2.45, 2.75) is 5.41 Å². The maximum atomic E-state index is 10.3. The van der Waals surface area contributed by atoms with Crippen molar-refractivity contribution < 1.29 is 5.11 Å². The second-order valence-electron chi connectivity index (χ2n) is 5.16. The van der Waals surface area contributed by atoms with Crippen LogP contribution in [-0.4, -0.2) is 11.7 Å². The molecule has 0 amide bonds. The van der Waals surface area contributed by atoms with Gasteiger partial charge in [0.05, 0.1) is 12.0 Å². The van der Waals surface area contributed by atoms with Crippen LogP contribution in [0.25, 0.3) is 0 Å². The van der Waals surface area contributed by atoms with Crippen LogP contribution in [0.5, 0.6) is 0 Å². The van der Waals surface area contributed by atoms with Crippen LogP contribution in [-0.2, 0) is 5.41 Å². The molecule has 0 aromatic heterocycles. The van der Waals surface area contributed by atoms with E-state index in [1.165, 1.54) is 0 Å². The Morgan fingerprint density at radius 3 is 1.05 bits per heavy atom. The Morgan fingerprint density at radius 1 is 0.524 bits per heavy atom. The smallest absolute Gasteiger partial charge is 0.0682 e. The van der Waals surface area contributed by atoms with Crippen LogP contribution in [0.1, 0.15) is 16.7 Å². The van der Waals surface area contributed by atoms with E-state index in [9.17, 15) is 5.11 Å². The minimum absolute atomic E-state index is 0.0328. The molecule has 0 spiro atoms. The molecule has 0 heterocycles. The first kappa shape index (κ1) is 13.6. The van der Waals surface area contributed by atoms with E-state index in [1.807, 2.05) is 54.6 Å². The maximum absolute atomic E-state index is 10.3. The van der Waals surface area contributed by atoms with Crippen LogP contribution in [0.15, 0.2) is 91.0 Å². The fraction of sp³-hybridized carbons (Fsp3) is 0.100. The number of aliphatic hydroxyl groups excluding tert-OH is 1. The molecule has 0 saturated carbocycles. The van der Waals surface area contributed by atoms with Gasteiger partial charge in [-0.1, -0.05) is 91.0 Å². The summed E-state index contributed by atoms with van der Waals surface area (Å²) in [4.78, 5) is 0. The standard InChI is InChI=1S/C20H18O/c21-16-20(17-10-4-1-5-11-17,18-12-6-2-7-13-18)19-14-8-3-9-15-19/h1-15,21H,16H2. The van der Waals surface area contributed by atoms with Crippen LogP contribution < -0.4 is 0 Å². The zero-order valence-electron chi connectivity index (χ0n) is 11.8. The molecule has 0 unspecified atom stereocenters. The summed E-state index contributed by atoms with van der Waals surface area (Å²) in [7, 11) is 0. The summed E-state index contributed by atoms with van der Waals surface area (Å²) in [6.07, 6.45) is 0. The minimum atomic E-state index is -0.524. The number of rotatable bonds is 4. The quantitative estimate of drug-likeness (QED) is 0.713. The van der Waals surface area contributed by atoms with Gasteiger partial charge in [0, 0.05) is 0 Å². The molecule has 3 aromatic rings. The lowest BCUT2D eigenvalue weighted by Gasteiger charge is -2.34. The molecule has 0 radical (unpaired) electrons. The predicted molar refractivity (Wildman–Crippen MR) is 86.3 cm³/mol. The van der Waals surface area contributed by atoms with Crippen molar-refractivity contribution in [3.8, 4) is 0 Å². The Kier molecular flexibility index (Phi) is 3.85. The highest BCUT2D eigenvalue weighted by molar-refractivity contribution is 5.50. The van der Waals surface area contributed by atoms with E-state index in [2.05, 4.69) is 36.4 Å². The molecule has 104 valence electrons. The van der Waals surface area contributed by atoms with E-state index < -0.39 is 5.41 Å². The van der Waals surface area contributed by atoms with Crippen LogP contribution in [0, 0.1) is 0 Å². The number of hydrogen-bond donors (Lipinski definition) is 1. The van der Waals surface area contributed by atoms with Crippen molar-refractivity contribution in [1.29, 1.82) is 0 Å². The van der Waals surface area contributed by atoms with E-state index in [0.29, 0.717) is 0 Å². The summed E-state index contributed by atoms with van der Waals surface area (Å²) in [5.41, 5.74) is 2.78. The predicted octanol–water partition coefficient (Wildman–Crippen LogP) is 4.01. The van der Waals surface area contributed by atoms with Gasteiger partial charge in [-0.25, -0.2) is 0 Å². The summed E-state index contributed by atoms with van der Waals surface area (Å²) in [6.45, 7) is 0.0328. The molecule has 3 rings (SSSR count). The summed E-state index contributed by atoms with van der Waals surface area (Å²) in [5, 5.41) is 10.3. The van der Waals surface area contributed by atoms with Gasteiger partial charge in [0.25, 0.3) is 0 Å². The molecule has 0 aliphatic carbocycles. The van der Waals surface area contributed by atoms with E-state index >= 15 is 0 Å². The number of hydrogen-bond acceptors (Lipinski definition) is 1. The fourth-order valence-corrected chi connectivity index (χ4v) is 2.94. The van der Waals surface area contributed by atoms with Crippen LogP contribution >= 0.6 is 0 Å². The molecule has 0 bridgehead atoms. The Bertz CT molecular complexity index is 578. The molecular weight excluding hydrogens is 256 g/mol. The minimum Gasteiger partial charge on any atom is -0.395 e. The van der Waals surface area contributed by atoms with Gasteiger partial charge in [-0.3, -0.25) is 0 Å². The average molecular weight is 274 g/mol. The van der Waals surface area contributed by atoms with Gasteiger partial charge in [0.15, 0.2) is 0 Å². The molecule has 0 fully saturated rings. The zero-order chi connectivity index (χ0) is 14.5.